The monoisotopic (exact) mass is 234 g/mol. The second-order valence-electron chi connectivity index (χ2n) is 4.21. The summed E-state index contributed by atoms with van der Waals surface area (Å²) < 4.78 is 0. The highest BCUT2D eigenvalue weighted by Crippen LogP contribution is 2.30. The molecule has 1 aliphatic rings. The van der Waals surface area contributed by atoms with E-state index in [0.717, 1.165) is 24.6 Å². The number of hydrazone groups is 1. The van der Waals surface area contributed by atoms with E-state index < -0.39 is 5.91 Å². The molecule has 0 atom stereocenters. The second-order valence-corrected chi connectivity index (χ2v) is 4.21. The third-order valence-electron chi connectivity index (χ3n) is 2.67. The number of phenolic OH excluding ortho intramolecular Hbond substituents is 2. The van der Waals surface area contributed by atoms with E-state index in [2.05, 4.69) is 10.5 Å². The number of rotatable bonds is 3. The first-order valence-corrected chi connectivity index (χ1v) is 5.44. The smallest absolute Gasteiger partial charge is 0.271 e. The molecule has 0 bridgehead atoms. The summed E-state index contributed by atoms with van der Waals surface area (Å²) >= 11 is 0. The molecule has 0 spiro atoms. The Balaban J connectivity index is 2.06. The van der Waals surface area contributed by atoms with Gasteiger partial charge in [0, 0.05) is 17.3 Å². The van der Waals surface area contributed by atoms with Crippen LogP contribution in [-0.4, -0.2) is 21.8 Å². The minimum absolute atomic E-state index is 0.155. The molecule has 3 N–H and O–H groups in total. The molecule has 0 saturated heterocycles. The van der Waals surface area contributed by atoms with E-state index in [-0.39, 0.29) is 17.1 Å². The third-order valence-corrected chi connectivity index (χ3v) is 2.67. The van der Waals surface area contributed by atoms with Crippen molar-refractivity contribution in [2.24, 2.45) is 11.0 Å². The maximum atomic E-state index is 11.7. The molecule has 5 heteroatoms. The topological polar surface area (TPSA) is 81.9 Å². The number of hydrogen-bond donors (Lipinski definition) is 3. The molecule has 90 valence electrons. The van der Waals surface area contributed by atoms with Gasteiger partial charge in [-0.1, -0.05) is 0 Å². The molecule has 0 aromatic heterocycles. The molecule has 1 aliphatic carbocycles. The highest BCUT2D eigenvalue weighted by Gasteiger charge is 2.24. The summed E-state index contributed by atoms with van der Waals surface area (Å²) in [5.41, 5.74) is 3.48. The predicted molar refractivity (Wildman–Crippen MR) is 63.1 cm³/mol. The van der Waals surface area contributed by atoms with Crippen LogP contribution >= 0.6 is 0 Å². The van der Waals surface area contributed by atoms with Crippen LogP contribution < -0.4 is 5.43 Å². The van der Waals surface area contributed by atoms with Gasteiger partial charge in [0.2, 0.25) is 0 Å². The lowest BCUT2D eigenvalue weighted by molar-refractivity contribution is 0.0954. The largest absolute Gasteiger partial charge is 0.508 e. The lowest BCUT2D eigenvalue weighted by atomic mass is 10.2. The van der Waals surface area contributed by atoms with E-state index in [1.165, 1.54) is 12.1 Å². The number of carbonyl (C=O) groups is 1. The van der Waals surface area contributed by atoms with Crippen LogP contribution in [0.5, 0.6) is 11.5 Å². The summed E-state index contributed by atoms with van der Waals surface area (Å²) in [6.07, 6.45) is 2.25. The maximum absolute atomic E-state index is 11.7. The first kappa shape index (κ1) is 11.4. The average Bonchev–Trinajstić information content (AvgIpc) is 3.07. The van der Waals surface area contributed by atoms with Gasteiger partial charge in [-0.25, -0.2) is 5.43 Å². The second kappa shape index (κ2) is 4.45. The van der Waals surface area contributed by atoms with Crippen LogP contribution in [0, 0.1) is 5.92 Å². The number of nitrogens with zero attached hydrogens (tertiary/aromatic N) is 1. The van der Waals surface area contributed by atoms with Crippen molar-refractivity contribution in [2.75, 3.05) is 0 Å². The molecule has 0 aliphatic heterocycles. The van der Waals surface area contributed by atoms with Gasteiger partial charge in [-0.05, 0) is 37.8 Å². The summed E-state index contributed by atoms with van der Waals surface area (Å²) in [5, 5.41) is 22.5. The molecule has 17 heavy (non-hydrogen) atoms. The van der Waals surface area contributed by atoms with E-state index in [1.54, 1.807) is 0 Å². The van der Waals surface area contributed by atoms with Crippen LogP contribution in [0.3, 0.4) is 0 Å². The molecule has 1 aromatic rings. The third kappa shape index (κ3) is 2.96. The van der Waals surface area contributed by atoms with Crippen LogP contribution in [0.1, 0.15) is 30.1 Å². The van der Waals surface area contributed by atoms with Crippen LogP contribution in [-0.2, 0) is 0 Å². The minimum Gasteiger partial charge on any atom is -0.508 e. The van der Waals surface area contributed by atoms with Gasteiger partial charge in [0.25, 0.3) is 5.91 Å². The summed E-state index contributed by atoms with van der Waals surface area (Å²) in [7, 11) is 0. The lowest BCUT2D eigenvalue weighted by Gasteiger charge is -2.03. The zero-order chi connectivity index (χ0) is 12.4. The van der Waals surface area contributed by atoms with Crippen LogP contribution in [0.25, 0.3) is 0 Å². The molecular formula is C12H14N2O3. The Morgan fingerprint density at radius 1 is 1.29 bits per heavy atom. The van der Waals surface area contributed by atoms with Crippen molar-refractivity contribution >= 4 is 11.6 Å². The number of hydrogen-bond acceptors (Lipinski definition) is 4. The van der Waals surface area contributed by atoms with E-state index in [4.69, 9.17) is 0 Å². The zero-order valence-corrected chi connectivity index (χ0v) is 9.47. The van der Waals surface area contributed by atoms with Gasteiger partial charge < -0.3 is 10.2 Å². The van der Waals surface area contributed by atoms with Gasteiger partial charge in [0.1, 0.15) is 11.5 Å². The maximum Gasteiger partial charge on any atom is 0.271 e. The molecule has 0 radical (unpaired) electrons. The van der Waals surface area contributed by atoms with Gasteiger partial charge in [0.15, 0.2) is 0 Å². The highest BCUT2D eigenvalue weighted by atomic mass is 16.3. The van der Waals surface area contributed by atoms with Crippen LogP contribution in [0.2, 0.25) is 0 Å². The van der Waals surface area contributed by atoms with Crippen LogP contribution in [0.4, 0.5) is 0 Å². The van der Waals surface area contributed by atoms with Crippen molar-refractivity contribution in [3.05, 3.63) is 23.8 Å². The summed E-state index contributed by atoms with van der Waals surface area (Å²) in [6, 6.07) is 3.71. The Labute approximate surface area is 98.8 Å². The molecule has 2 rings (SSSR count). The Morgan fingerprint density at radius 3 is 2.41 bits per heavy atom. The molecule has 1 saturated carbocycles. The first-order chi connectivity index (χ1) is 8.06. The molecule has 5 nitrogen and oxygen atoms in total. The molecule has 0 heterocycles. The Hall–Kier alpha value is -2.04. The molecule has 1 aromatic carbocycles. The fraction of sp³-hybridized carbons (Fsp3) is 0.333. The first-order valence-electron chi connectivity index (χ1n) is 5.44. The predicted octanol–water partition coefficient (Wildman–Crippen LogP) is 1.61. The van der Waals surface area contributed by atoms with Gasteiger partial charge in [0.05, 0.1) is 0 Å². The van der Waals surface area contributed by atoms with Crippen molar-refractivity contribution < 1.29 is 15.0 Å². The van der Waals surface area contributed by atoms with Crippen molar-refractivity contribution in [3.8, 4) is 11.5 Å². The molecule has 1 amide bonds. The normalized spacial score (nSPS) is 15.7. The molecular weight excluding hydrogens is 220 g/mol. The van der Waals surface area contributed by atoms with E-state index in [1.807, 2.05) is 6.92 Å². The summed E-state index contributed by atoms with van der Waals surface area (Å²) in [6.45, 7) is 1.87. The van der Waals surface area contributed by atoms with E-state index >= 15 is 0 Å². The summed E-state index contributed by atoms with van der Waals surface area (Å²) in [4.78, 5) is 11.7. The standard InChI is InChI=1S/C12H14N2O3/c1-7(8-2-3-8)13-14-12(17)9-4-10(15)6-11(16)5-9/h4-6,8,15-16H,2-3H2,1H3,(H,14,17)/b13-7-. The Bertz CT molecular complexity index is 458. The van der Waals surface area contributed by atoms with Crippen molar-refractivity contribution in [2.45, 2.75) is 19.8 Å². The number of nitrogens with one attached hydrogen (secondary N) is 1. The van der Waals surface area contributed by atoms with Crippen molar-refractivity contribution in [1.29, 1.82) is 0 Å². The van der Waals surface area contributed by atoms with E-state index in [9.17, 15) is 15.0 Å². The van der Waals surface area contributed by atoms with Crippen molar-refractivity contribution in [3.63, 3.8) is 0 Å². The van der Waals surface area contributed by atoms with Gasteiger partial charge in [-0.2, -0.15) is 5.10 Å². The molecule has 0 unspecified atom stereocenters. The number of amides is 1. The average molecular weight is 234 g/mol. The number of aromatic hydroxyl groups is 2. The summed E-state index contributed by atoms with van der Waals surface area (Å²) in [5.74, 6) is -0.264. The van der Waals surface area contributed by atoms with Gasteiger partial charge in [-0.3, -0.25) is 4.79 Å². The fourth-order valence-corrected chi connectivity index (χ4v) is 1.52. The molecule has 1 fully saturated rings. The van der Waals surface area contributed by atoms with Crippen LogP contribution in [0.15, 0.2) is 23.3 Å². The minimum atomic E-state index is -0.448. The number of carbonyl (C=O) groups excluding carboxylic acids is 1. The van der Waals surface area contributed by atoms with Gasteiger partial charge >= 0.3 is 0 Å². The van der Waals surface area contributed by atoms with E-state index in [0.29, 0.717) is 5.92 Å². The number of benzene rings is 1. The SMILES string of the molecule is C/C(=N/NC(=O)c1cc(O)cc(O)c1)C1CC1. The Kier molecular flexibility index (Phi) is 2.99. The quantitative estimate of drug-likeness (QED) is 0.549. The fourth-order valence-electron chi connectivity index (χ4n) is 1.52. The Morgan fingerprint density at radius 2 is 1.88 bits per heavy atom. The number of phenols is 2. The lowest BCUT2D eigenvalue weighted by Crippen LogP contribution is -2.19. The highest BCUT2D eigenvalue weighted by molar-refractivity contribution is 5.96. The van der Waals surface area contributed by atoms with Gasteiger partial charge in [-0.15, -0.1) is 0 Å². The zero-order valence-electron chi connectivity index (χ0n) is 9.47. The van der Waals surface area contributed by atoms with Crippen molar-refractivity contribution in [1.82, 2.24) is 5.43 Å².